The van der Waals surface area contributed by atoms with E-state index in [9.17, 15) is 8.42 Å². The molecule has 0 aliphatic heterocycles. The standard InChI is InChI=1S/C14H19N5O3S2.C13H16BrN5OS.CH4O2S.Na/c1-7(2)11-8(23-9-6-17-14(16)19-12(9)15)5-10(24(4,20)21)13(18-11)22-3;1-6(2)10-8(4-7(14)12(18-10)20-3)21-9-5-17-13(16)19-11(9)15;1-4(2)3;/h5-7H,1-4H3,(H4,15,16,17,19);4-6H,1-3H3,(H4,15,16,17,19);1H3,(H,2,3);/q;;;+1/p-1. The minimum Gasteiger partial charge on any atom is -0.773 e. The maximum Gasteiger partial charge on any atom is 1.00 e. The first-order chi connectivity index (χ1) is 22.8. The third kappa shape index (κ3) is 13.6. The van der Waals surface area contributed by atoms with Gasteiger partial charge >= 0.3 is 29.6 Å². The molecule has 0 fully saturated rings. The molecule has 0 saturated carbocycles. The third-order valence-electron chi connectivity index (χ3n) is 5.81. The minimum atomic E-state index is -3.50. The van der Waals surface area contributed by atoms with E-state index in [-0.39, 0.29) is 69.9 Å². The summed E-state index contributed by atoms with van der Waals surface area (Å²) < 4.78 is 53.2. The van der Waals surface area contributed by atoms with E-state index in [0.29, 0.717) is 27.2 Å². The Morgan fingerprint density at radius 3 is 1.50 bits per heavy atom. The number of sulfone groups is 1. The Hall–Kier alpha value is -2.50. The van der Waals surface area contributed by atoms with Crippen molar-refractivity contribution < 1.29 is 56.2 Å². The van der Waals surface area contributed by atoms with Crippen molar-refractivity contribution in [3.8, 4) is 11.8 Å². The molecular formula is C28H38BrN10NaO6S4. The van der Waals surface area contributed by atoms with Gasteiger partial charge in [0.2, 0.25) is 23.7 Å². The first-order valence-corrected chi connectivity index (χ1v) is 19.7. The predicted molar refractivity (Wildman–Crippen MR) is 195 cm³/mol. The molecule has 0 amide bonds. The molecule has 22 heteroatoms. The Kier molecular flexibility index (Phi) is 18.7. The van der Waals surface area contributed by atoms with Crippen LogP contribution in [0, 0.1) is 0 Å². The number of methoxy groups -OCH3 is 2. The third-order valence-corrected chi connectivity index (χ3v) is 9.63. The van der Waals surface area contributed by atoms with E-state index in [1.54, 1.807) is 13.3 Å². The fourth-order valence-corrected chi connectivity index (χ4v) is 7.27. The van der Waals surface area contributed by atoms with E-state index in [1.807, 2.05) is 19.9 Å². The number of nitrogens with two attached hydrogens (primary N) is 4. The zero-order chi connectivity index (χ0) is 37.2. The molecule has 8 N–H and O–H groups in total. The van der Waals surface area contributed by atoms with Gasteiger partial charge in [0.05, 0.1) is 39.9 Å². The van der Waals surface area contributed by atoms with E-state index >= 15 is 0 Å². The fourth-order valence-electron chi connectivity index (χ4n) is 3.68. The first kappa shape index (κ1) is 45.5. The average molecular weight is 842 g/mol. The van der Waals surface area contributed by atoms with Crippen LogP contribution < -0.4 is 62.0 Å². The molecule has 268 valence electrons. The smallest absolute Gasteiger partial charge is 0.773 e. The number of hydrogen-bond acceptors (Lipinski definition) is 18. The van der Waals surface area contributed by atoms with Gasteiger partial charge in [-0.25, -0.2) is 28.4 Å². The Morgan fingerprint density at radius 2 is 1.16 bits per heavy atom. The Bertz CT molecular complexity index is 1910. The van der Waals surface area contributed by atoms with Gasteiger partial charge in [0.1, 0.15) is 16.5 Å². The molecule has 16 nitrogen and oxygen atoms in total. The maximum absolute atomic E-state index is 12.0. The minimum absolute atomic E-state index is 0. The Morgan fingerprint density at radius 1 is 0.780 bits per heavy atom. The molecule has 4 aromatic rings. The average Bonchev–Trinajstić information content (AvgIpc) is 2.99. The summed E-state index contributed by atoms with van der Waals surface area (Å²) in [6, 6.07) is 3.50. The van der Waals surface area contributed by atoms with Gasteiger partial charge in [0.25, 0.3) is 0 Å². The van der Waals surface area contributed by atoms with E-state index in [2.05, 4.69) is 59.7 Å². The van der Waals surface area contributed by atoms with E-state index in [4.69, 9.17) is 41.2 Å². The molecule has 4 rings (SSSR count). The molecule has 0 radical (unpaired) electrons. The number of nitrogen functional groups attached to an aromatic ring is 4. The van der Waals surface area contributed by atoms with Crippen molar-refractivity contribution in [1.29, 1.82) is 0 Å². The van der Waals surface area contributed by atoms with Crippen LogP contribution in [0.5, 0.6) is 11.8 Å². The van der Waals surface area contributed by atoms with Crippen LogP contribution in [0.4, 0.5) is 23.5 Å². The zero-order valence-corrected chi connectivity index (χ0v) is 35.8. The second kappa shape index (κ2) is 20.5. The summed E-state index contributed by atoms with van der Waals surface area (Å²) in [5, 5.41) is 0. The largest absolute Gasteiger partial charge is 1.00 e. The number of ether oxygens (including phenoxy) is 2. The first-order valence-electron chi connectivity index (χ1n) is 13.9. The molecule has 4 aromatic heterocycles. The monoisotopic (exact) mass is 840 g/mol. The van der Waals surface area contributed by atoms with Gasteiger partial charge in [-0.2, -0.15) is 9.97 Å². The summed E-state index contributed by atoms with van der Waals surface area (Å²) in [4.78, 5) is 27.6. The van der Waals surface area contributed by atoms with Crippen LogP contribution in [0.15, 0.2) is 53.5 Å². The van der Waals surface area contributed by atoms with Gasteiger partial charge < -0.3 is 37.0 Å². The SMILES string of the molecule is COc1nc(C(C)C)c(Sc2cnc(N)nc2N)cc1Br.COc1nc(C(C)C)c(Sc2cnc(N)nc2N)cc1S(C)(=O)=O.CS(=O)[O-].[Na+]. The predicted octanol–water partition coefficient (Wildman–Crippen LogP) is 1.30. The normalized spacial score (nSPS) is 11.4. The number of nitrogens with zero attached hydrogens (tertiary/aromatic N) is 6. The molecule has 0 aliphatic rings. The molecule has 0 spiro atoms. The van der Waals surface area contributed by atoms with E-state index in [1.165, 1.54) is 42.9 Å². The Balaban J connectivity index is 0.000000446. The summed E-state index contributed by atoms with van der Waals surface area (Å²) in [7, 11) is -0.521. The topological polar surface area (TPSA) is 274 Å². The van der Waals surface area contributed by atoms with Crippen molar-refractivity contribution in [3.63, 3.8) is 0 Å². The quantitative estimate of drug-likeness (QED) is 0.137. The van der Waals surface area contributed by atoms with Crippen LogP contribution in [-0.2, 0) is 20.9 Å². The molecule has 1 unspecified atom stereocenters. The molecule has 1 atom stereocenters. The molecule has 4 heterocycles. The van der Waals surface area contributed by atoms with Gasteiger partial charge in [-0.15, -0.1) is 0 Å². The fraction of sp³-hybridized carbons (Fsp3) is 0.357. The number of halogens is 1. The van der Waals surface area contributed by atoms with Crippen LogP contribution in [0.2, 0.25) is 0 Å². The molecule has 0 saturated heterocycles. The number of hydrogen-bond donors (Lipinski definition) is 4. The second-order valence-corrected chi connectivity index (χ2v) is 16.2. The molecule has 0 aliphatic carbocycles. The van der Waals surface area contributed by atoms with Crippen LogP contribution in [-0.4, -0.2) is 73.8 Å². The Labute approximate surface area is 333 Å². The van der Waals surface area contributed by atoms with Gasteiger partial charge in [-0.05, 0) is 46.2 Å². The number of pyridine rings is 2. The molecule has 50 heavy (non-hydrogen) atoms. The summed E-state index contributed by atoms with van der Waals surface area (Å²) in [6.45, 7) is 8.05. The van der Waals surface area contributed by atoms with Crippen molar-refractivity contribution in [1.82, 2.24) is 29.9 Å². The van der Waals surface area contributed by atoms with Crippen LogP contribution in [0.3, 0.4) is 0 Å². The summed E-state index contributed by atoms with van der Waals surface area (Å²) in [6.07, 6.45) is 5.30. The van der Waals surface area contributed by atoms with Gasteiger partial charge in [0, 0.05) is 28.4 Å². The van der Waals surface area contributed by atoms with Crippen molar-refractivity contribution in [2.45, 2.75) is 64.0 Å². The van der Waals surface area contributed by atoms with E-state index < -0.39 is 20.9 Å². The second-order valence-electron chi connectivity index (χ2n) is 10.4. The number of rotatable bonds is 9. The summed E-state index contributed by atoms with van der Waals surface area (Å²) >= 11 is 4.29. The van der Waals surface area contributed by atoms with Gasteiger partial charge in [-0.1, -0.05) is 62.3 Å². The van der Waals surface area contributed by atoms with Crippen molar-refractivity contribution in [3.05, 3.63) is 40.4 Å². The number of anilines is 4. The molecule has 0 bridgehead atoms. The van der Waals surface area contributed by atoms with Gasteiger partial charge in [0.15, 0.2) is 9.84 Å². The van der Waals surface area contributed by atoms with Crippen LogP contribution >= 0.6 is 39.5 Å². The molecular weight excluding hydrogens is 804 g/mol. The van der Waals surface area contributed by atoms with Gasteiger partial charge in [-0.3, -0.25) is 4.21 Å². The zero-order valence-electron chi connectivity index (χ0n) is 28.9. The summed E-state index contributed by atoms with van der Waals surface area (Å²) in [5.74, 6) is 1.74. The molecule has 0 aromatic carbocycles. The number of aromatic nitrogens is 6. The van der Waals surface area contributed by atoms with Crippen molar-refractivity contribution in [2.24, 2.45) is 0 Å². The van der Waals surface area contributed by atoms with Crippen LogP contribution in [0.1, 0.15) is 50.9 Å². The van der Waals surface area contributed by atoms with Crippen LogP contribution in [0.25, 0.3) is 0 Å². The van der Waals surface area contributed by atoms with E-state index in [0.717, 1.165) is 32.5 Å². The summed E-state index contributed by atoms with van der Waals surface area (Å²) in [5.41, 5.74) is 24.4. The maximum atomic E-state index is 12.0. The van der Waals surface area contributed by atoms with Crippen molar-refractivity contribution >= 4 is 83.9 Å². The van der Waals surface area contributed by atoms with Crippen molar-refractivity contribution in [2.75, 3.05) is 49.7 Å².